The summed E-state index contributed by atoms with van der Waals surface area (Å²) in [4.78, 5) is 26.3. The van der Waals surface area contributed by atoms with Gasteiger partial charge in [-0.1, -0.05) is 18.2 Å². The molecule has 126 valence electrons. The third kappa shape index (κ3) is 3.33. The van der Waals surface area contributed by atoms with Gasteiger partial charge < -0.3 is 20.4 Å². The lowest BCUT2D eigenvalue weighted by Gasteiger charge is -2.19. The molecule has 6 heteroatoms. The number of para-hydroxylation sites is 1. The number of rotatable bonds is 5. The molecule has 2 amide bonds. The fourth-order valence-electron chi connectivity index (χ4n) is 2.71. The smallest absolute Gasteiger partial charge is 0.287 e. The highest BCUT2D eigenvalue weighted by atomic mass is 16.3. The first-order valence-electron chi connectivity index (χ1n) is 7.87. The largest absolute Gasteiger partial charge is 0.459 e. The van der Waals surface area contributed by atoms with Gasteiger partial charge in [0.05, 0.1) is 19.2 Å². The van der Waals surface area contributed by atoms with Crippen LogP contribution in [0.2, 0.25) is 0 Å². The lowest BCUT2D eigenvalue weighted by Crippen LogP contribution is -2.45. The molecule has 0 radical (unpaired) electrons. The van der Waals surface area contributed by atoms with Gasteiger partial charge in [0.25, 0.3) is 5.91 Å². The predicted octanol–water partition coefficient (Wildman–Crippen LogP) is 1.84. The van der Waals surface area contributed by atoms with Crippen LogP contribution in [0.15, 0.2) is 41.0 Å². The highest BCUT2D eigenvalue weighted by Crippen LogP contribution is 2.30. The Morgan fingerprint density at radius 2 is 2.08 bits per heavy atom. The van der Waals surface area contributed by atoms with Crippen molar-refractivity contribution in [2.75, 3.05) is 11.4 Å². The Bertz CT molecular complexity index is 774. The van der Waals surface area contributed by atoms with Gasteiger partial charge in [0.1, 0.15) is 0 Å². The zero-order valence-corrected chi connectivity index (χ0v) is 13.8. The summed E-state index contributed by atoms with van der Waals surface area (Å²) in [7, 11) is 0. The predicted molar refractivity (Wildman–Crippen MR) is 90.6 cm³/mol. The molecule has 0 aliphatic carbocycles. The van der Waals surface area contributed by atoms with Crippen LogP contribution in [0, 0.1) is 0 Å². The molecule has 1 aliphatic heterocycles. The summed E-state index contributed by atoms with van der Waals surface area (Å²) in [6.07, 6.45) is 1.85. The van der Waals surface area contributed by atoms with E-state index in [0.29, 0.717) is 25.1 Å². The van der Waals surface area contributed by atoms with Crippen LogP contribution >= 0.6 is 0 Å². The third-order valence-electron chi connectivity index (χ3n) is 3.91. The van der Waals surface area contributed by atoms with Crippen LogP contribution < -0.4 is 16.0 Å². The van der Waals surface area contributed by atoms with Crippen LogP contribution in [-0.2, 0) is 17.8 Å². The van der Waals surface area contributed by atoms with Crippen molar-refractivity contribution in [3.8, 4) is 0 Å². The van der Waals surface area contributed by atoms with Crippen molar-refractivity contribution in [3.63, 3.8) is 0 Å². The van der Waals surface area contributed by atoms with Crippen LogP contribution in [0.3, 0.4) is 0 Å². The number of furan rings is 1. The van der Waals surface area contributed by atoms with E-state index >= 15 is 0 Å². The summed E-state index contributed by atoms with van der Waals surface area (Å²) in [6.45, 7) is 4.30. The number of amides is 2. The molecule has 6 nitrogen and oxygen atoms in total. The summed E-state index contributed by atoms with van der Waals surface area (Å²) in [5.74, 6) is -0.0864. The normalized spacial score (nSPS) is 14.0. The molecule has 2 aromatic rings. The number of nitrogens with zero attached hydrogens (tertiary/aromatic N) is 1. The molecule has 1 aromatic heterocycles. The molecule has 0 atom stereocenters. The van der Waals surface area contributed by atoms with Gasteiger partial charge in [0.15, 0.2) is 5.76 Å². The molecule has 0 fully saturated rings. The number of anilines is 1. The van der Waals surface area contributed by atoms with Crippen molar-refractivity contribution in [2.45, 2.75) is 32.4 Å². The second kappa shape index (κ2) is 6.13. The maximum absolute atomic E-state index is 12.3. The lowest BCUT2D eigenvalue weighted by molar-refractivity contribution is -0.117. The molecule has 0 unspecified atom stereocenters. The first kappa shape index (κ1) is 16.3. The highest BCUT2D eigenvalue weighted by molar-refractivity contribution is 6.01. The van der Waals surface area contributed by atoms with Gasteiger partial charge in [-0.05, 0) is 31.5 Å². The summed E-state index contributed by atoms with van der Waals surface area (Å²) in [5, 5.41) is 2.76. The van der Waals surface area contributed by atoms with Crippen LogP contribution in [0.1, 0.15) is 35.5 Å². The average molecular weight is 327 g/mol. The van der Waals surface area contributed by atoms with E-state index in [1.54, 1.807) is 11.0 Å². The standard InChI is InChI=1S/C18H21N3O3/c1-18(2,19)11-20-17(23)16-13(7-8-24-16)10-21-14-6-4-3-5-12(14)9-15(21)22/h3-8H,9-11,19H2,1-2H3,(H,20,23). The zero-order valence-electron chi connectivity index (χ0n) is 13.8. The molecule has 2 heterocycles. The average Bonchev–Trinajstić information content (AvgIpc) is 3.10. The minimum atomic E-state index is -0.508. The Kier molecular flexibility index (Phi) is 4.15. The molecule has 0 saturated carbocycles. The second-order valence-corrected chi connectivity index (χ2v) is 6.73. The number of nitrogens with two attached hydrogens (primary N) is 1. The molecule has 1 aromatic carbocycles. The monoisotopic (exact) mass is 327 g/mol. The van der Waals surface area contributed by atoms with Gasteiger partial charge in [-0.2, -0.15) is 0 Å². The summed E-state index contributed by atoms with van der Waals surface area (Å²) < 4.78 is 5.33. The molecule has 3 rings (SSSR count). The van der Waals surface area contributed by atoms with Gasteiger partial charge in [-0.25, -0.2) is 0 Å². The van der Waals surface area contributed by atoms with Crippen LogP contribution in [0.25, 0.3) is 0 Å². The number of hydrogen-bond donors (Lipinski definition) is 2. The fraction of sp³-hybridized carbons (Fsp3) is 0.333. The third-order valence-corrected chi connectivity index (χ3v) is 3.91. The fourth-order valence-corrected chi connectivity index (χ4v) is 2.71. The molecule has 0 bridgehead atoms. The first-order chi connectivity index (χ1) is 11.3. The van der Waals surface area contributed by atoms with Gasteiger partial charge in [-0.15, -0.1) is 0 Å². The number of nitrogens with one attached hydrogen (secondary N) is 1. The van der Waals surface area contributed by atoms with Crippen LogP contribution in [0.4, 0.5) is 5.69 Å². The van der Waals surface area contributed by atoms with E-state index in [0.717, 1.165) is 11.3 Å². The molecular formula is C18H21N3O3. The van der Waals surface area contributed by atoms with Crippen LogP contribution in [0.5, 0.6) is 0 Å². The maximum atomic E-state index is 12.3. The molecule has 0 saturated heterocycles. The molecule has 0 spiro atoms. The Hall–Kier alpha value is -2.60. The van der Waals surface area contributed by atoms with Gasteiger partial charge in [0.2, 0.25) is 5.91 Å². The summed E-state index contributed by atoms with van der Waals surface area (Å²) in [6, 6.07) is 9.39. The van der Waals surface area contributed by atoms with Crippen LogP contribution in [-0.4, -0.2) is 23.9 Å². The summed E-state index contributed by atoms with van der Waals surface area (Å²) in [5.41, 5.74) is 7.94. The van der Waals surface area contributed by atoms with Gasteiger partial charge in [-0.3, -0.25) is 9.59 Å². The van der Waals surface area contributed by atoms with Crippen molar-refractivity contribution in [2.24, 2.45) is 5.73 Å². The highest BCUT2D eigenvalue weighted by Gasteiger charge is 2.29. The molecular weight excluding hydrogens is 306 g/mol. The SMILES string of the molecule is CC(C)(N)CNC(=O)c1occc1CN1C(=O)Cc2ccccc21. The molecule has 3 N–H and O–H groups in total. The minimum absolute atomic E-state index is 0.0202. The van der Waals surface area contributed by atoms with E-state index in [4.69, 9.17) is 10.2 Å². The Balaban J connectivity index is 1.77. The minimum Gasteiger partial charge on any atom is -0.459 e. The number of hydrogen-bond acceptors (Lipinski definition) is 4. The van der Waals surface area contributed by atoms with Crippen molar-refractivity contribution in [1.29, 1.82) is 0 Å². The van der Waals surface area contributed by atoms with Crippen molar-refractivity contribution in [3.05, 3.63) is 53.5 Å². The second-order valence-electron chi connectivity index (χ2n) is 6.73. The van der Waals surface area contributed by atoms with Gasteiger partial charge >= 0.3 is 0 Å². The number of fused-ring (bicyclic) bond motifs is 1. The maximum Gasteiger partial charge on any atom is 0.287 e. The van der Waals surface area contributed by atoms with Crippen molar-refractivity contribution in [1.82, 2.24) is 5.32 Å². The molecule has 24 heavy (non-hydrogen) atoms. The van der Waals surface area contributed by atoms with E-state index in [-0.39, 0.29) is 17.6 Å². The van der Waals surface area contributed by atoms with E-state index in [1.165, 1.54) is 6.26 Å². The van der Waals surface area contributed by atoms with E-state index < -0.39 is 5.54 Å². The van der Waals surface area contributed by atoms with E-state index in [2.05, 4.69) is 5.32 Å². The van der Waals surface area contributed by atoms with Gasteiger partial charge in [0, 0.05) is 23.3 Å². The number of benzene rings is 1. The first-order valence-corrected chi connectivity index (χ1v) is 7.87. The number of carbonyl (C=O) groups excluding carboxylic acids is 2. The Labute approximate surface area is 140 Å². The zero-order chi connectivity index (χ0) is 17.3. The number of carbonyl (C=O) groups is 2. The lowest BCUT2D eigenvalue weighted by atomic mass is 10.1. The van der Waals surface area contributed by atoms with Crippen molar-refractivity contribution < 1.29 is 14.0 Å². The van der Waals surface area contributed by atoms with E-state index in [1.807, 2.05) is 38.1 Å². The Morgan fingerprint density at radius 3 is 2.83 bits per heavy atom. The summed E-state index contributed by atoms with van der Waals surface area (Å²) >= 11 is 0. The van der Waals surface area contributed by atoms with E-state index in [9.17, 15) is 9.59 Å². The molecule has 1 aliphatic rings. The van der Waals surface area contributed by atoms with Crippen molar-refractivity contribution >= 4 is 17.5 Å². The topological polar surface area (TPSA) is 88.6 Å². The quantitative estimate of drug-likeness (QED) is 0.877. The Morgan fingerprint density at radius 1 is 1.33 bits per heavy atom.